The SMILES string of the molecule is Cc1ccc(C2(C3=CC=C(F)CC3)C3=C(C=CCC3)c3ccccc32)cc1. The van der Waals surface area contributed by atoms with Crippen molar-refractivity contribution in [2.24, 2.45) is 0 Å². The summed E-state index contributed by atoms with van der Waals surface area (Å²) in [4.78, 5) is 0. The molecule has 134 valence electrons. The van der Waals surface area contributed by atoms with E-state index < -0.39 is 0 Å². The first-order valence-electron chi connectivity index (χ1n) is 9.84. The van der Waals surface area contributed by atoms with E-state index in [4.69, 9.17) is 0 Å². The van der Waals surface area contributed by atoms with Crippen molar-refractivity contribution in [1.82, 2.24) is 0 Å². The minimum atomic E-state index is -0.262. The molecule has 2 aromatic rings. The second kappa shape index (κ2) is 6.20. The third-order valence-corrected chi connectivity index (χ3v) is 6.31. The maximum Gasteiger partial charge on any atom is 0.100 e. The number of benzene rings is 2. The topological polar surface area (TPSA) is 0 Å². The fourth-order valence-corrected chi connectivity index (χ4v) is 5.12. The average Bonchev–Trinajstić information content (AvgIpc) is 3.01. The van der Waals surface area contributed by atoms with Crippen molar-refractivity contribution < 1.29 is 4.39 Å². The van der Waals surface area contributed by atoms with Crippen LogP contribution in [0.1, 0.15) is 47.9 Å². The van der Waals surface area contributed by atoms with Gasteiger partial charge in [-0.2, -0.15) is 0 Å². The van der Waals surface area contributed by atoms with Gasteiger partial charge in [0.05, 0.1) is 5.41 Å². The fraction of sp³-hybridized carbons (Fsp3) is 0.231. The normalized spacial score (nSPS) is 23.6. The summed E-state index contributed by atoms with van der Waals surface area (Å²) in [5.74, 6) is -0.0122. The first-order chi connectivity index (χ1) is 13.2. The van der Waals surface area contributed by atoms with Crippen molar-refractivity contribution in [1.29, 1.82) is 0 Å². The summed E-state index contributed by atoms with van der Waals surface area (Å²) >= 11 is 0. The van der Waals surface area contributed by atoms with Gasteiger partial charge in [0, 0.05) is 6.42 Å². The van der Waals surface area contributed by atoms with Gasteiger partial charge in [-0.3, -0.25) is 0 Å². The Morgan fingerprint density at radius 3 is 2.48 bits per heavy atom. The lowest BCUT2D eigenvalue weighted by Crippen LogP contribution is -2.32. The smallest absolute Gasteiger partial charge is 0.100 e. The summed E-state index contributed by atoms with van der Waals surface area (Å²) in [6.45, 7) is 2.13. The number of rotatable bonds is 2. The van der Waals surface area contributed by atoms with E-state index in [1.54, 1.807) is 6.08 Å². The highest BCUT2D eigenvalue weighted by Gasteiger charge is 2.48. The molecule has 27 heavy (non-hydrogen) atoms. The molecule has 0 aliphatic heterocycles. The molecule has 3 aliphatic rings. The van der Waals surface area contributed by atoms with Gasteiger partial charge >= 0.3 is 0 Å². The van der Waals surface area contributed by atoms with Crippen LogP contribution in [0.5, 0.6) is 0 Å². The van der Waals surface area contributed by atoms with Crippen LogP contribution in [-0.4, -0.2) is 0 Å². The summed E-state index contributed by atoms with van der Waals surface area (Å²) in [5.41, 5.74) is 9.17. The number of hydrogen-bond acceptors (Lipinski definition) is 0. The van der Waals surface area contributed by atoms with E-state index >= 15 is 0 Å². The number of aryl methyl sites for hydroxylation is 1. The predicted molar refractivity (Wildman–Crippen MR) is 110 cm³/mol. The van der Waals surface area contributed by atoms with Crippen LogP contribution in [0, 0.1) is 6.92 Å². The molecular weight excluding hydrogens is 331 g/mol. The zero-order valence-electron chi connectivity index (χ0n) is 15.6. The van der Waals surface area contributed by atoms with Crippen LogP contribution >= 0.6 is 0 Å². The van der Waals surface area contributed by atoms with Gasteiger partial charge in [-0.05, 0) is 60.1 Å². The largest absolute Gasteiger partial charge is 0.212 e. The molecule has 0 aromatic heterocycles. The standard InChI is InChI=1S/C26H23F/c1-18-10-12-19(13-11-18)26(20-14-16-21(27)17-15-20)24-8-4-2-6-22(24)23-7-3-5-9-25(23)26/h2-4,6-8,10-14,16H,5,9,15,17H2,1H3. The molecular formula is C26H23F. The van der Waals surface area contributed by atoms with Gasteiger partial charge in [-0.25, -0.2) is 4.39 Å². The van der Waals surface area contributed by atoms with E-state index in [0.29, 0.717) is 6.42 Å². The molecule has 0 spiro atoms. The summed E-state index contributed by atoms with van der Waals surface area (Å²) in [6.07, 6.45) is 11.7. The average molecular weight is 354 g/mol. The van der Waals surface area contributed by atoms with Crippen molar-refractivity contribution >= 4 is 5.57 Å². The first-order valence-corrected chi connectivity index (χ1v) is 9.84. The second-order valence-corrected chi connectivity index (χ2v) is 7.80. The van der Waals surface area contributed by atoms with Gasteiger partial charge in [0.2, 0.25) is 0 Å². The lowest BCUT2D eigenvalue weighted by molar-refractivity contribution is 0.556. The molecule has 3 aliphatic carbocycles. The van der Waals surface area contributed by atoms with Gasteiger partial charge < -0.3 is 0 Å². The molecule has 0 nitrogen and oxygen atoms in total. The maximum absolute atomic E-state index is 13.8. The molecule has 0 N–H and O–H groups in total. The van der Waals surface area contributed by atoms with Gasteiger partial charge in [0.1, 0.15) is 5.83 Å². The third-order valence-electron chi connectivity index (χ3n) is 6.31. The van der Waals surface area contributed by atoms with E-state index in [-0.39, 0.29) is 11.2 Å². The highest BCUT2D eigenvalue weighted by molar-refractivity contribution is 5.90. The zero-order chi connectivity index (χ0) is 18.4. The molecule has 1 heteroatoms. The van der Waals surface area contributed by atoms with E-state index in [0.717, 1.165) is 19.3 Å². The molecule has 0 bridgehead atoms. The summed E-state index contributed by atoms with van der Waals surface area (Å²) < 4.78 is 13.8. The van der Waals surface area contributed by atoms with Gasteiger partial charge in [-0.15, -0.1) is 0 Å². The van der Waals surface area contributed by atoms with Gasteiger partial charge in [0.25, 0.3) is 0 Å². The van der Waals surface area contributed by atoms with E-state index in [9.17, 15) is 4.39 Å². The van der Waals surface area contributed by atoms with Crippen molar-refractivity contribution in [2.45, 2.75) is 38.0 Å². The molecule has 0 radical (unpaired) electrons. The molecule has 0 saturated carbocycles. The lowest BCUT2D eigenvalue weighted by Gasteiger charge is -2.39. The zero-order valence-corrected chi connectivity index (χ0v) is 15.6. The summed E-state index contributed by atoms with van der Waals surface area (Å²) in [7, 11) is 0. The minimum absolute atomic E-state index is 0.0122. The molecule has 2 aromatic carbocycles. The Hall–Kier alpha value is -2.67. The van der Waals surface area contributed by atoms with Crippen LogP contribution in [-0.2, 0) is 5.41 Å². The molecule has 1 atom stereocenters. The highest BCUT2D eigenvalue weighted by atomic mass is 19.1. The predicted octanol–water partition coefficient (Wildman–Crippen LogP) is 6.97. The molecule has 0 saturated heterocycles. The first kappa shape index (κ1) is 16.5. The van der Waals surface area contributed by atoms with E-state index in [2.05, 4.69) is 67.6 Å². The van der Waals surface area contributed by atoms with Crippen molar-refractivity contribution in [2.75, 3.05) is 0 Å². The monoisotopic (exact) mass is 354 g/mol. The second-order valence-electron chi connectivity index (χ2n) is 7.80. The van der Waals surface area contributed by atoms with Crippen molar-refractivity contribution in [3.63, 3.8) is 0 Å². The van der Waals surface area contributed by atoms with Crippen molar-refractivity contribution in [3.8, 4) is 0 Å². The van der Waals surface area contributed by atoms with Gasteiger partial charge in [0.15, 0.2) is 0 Å². The van der Waals surface area contributed by atoms with Gasteiger partial charge in [-0.1, -0.05) is 77.9 Å². The number of halogens is 1. The Bertz CT molecular complexity index is 1030. The van der Waals surface area contributed by atoms with Crippen LogP contribution in [0.2, 0.25) is 0 Å². The molecule has 0 fully saturated rings. The summed E-state index contributed by atoms with van der Waals surface area (Å²) in [6, 6.07) is 17.8. The molecule has 0 heterocycles. The Labute approximate surface area is 160 Å². The van der Waals surface area contributed by atoms with Crippen LogP contribution < -0.4 is 0 Å². The molecule has 5 rings (SSSR count). The number of hydrogen-bond donors (Lipinski definition) is 0. The molecule has 0 amide bonds. The Kier molecular flexibility index (Phi) is 3.79. The van der Waals surface area contributed by atoms with E-state index in [1.807, 2.05) is 6.08 Å². The van der Waals surface area contributed by atoms with Crippen LogP contribution in [0.15, 0.2) is 89.8 Å². The van der Waals surface area contributed by atoms with Crippen molar-refractivity contribution in [3.05, 3.63) is 112 Å². The Morgan fingerprint density at radius 1 is 0.889 bits per heavy atom. The molecule has 1 unspecified atom stereocenters. The Balaban J connectivity index is 1.87. The van der Waals surface area contributed by atoms with Crippen LogP contribution in [0.3, 0.4) is 0 Å². The minimum Gasteiger partial charge on any atom is -0.212 e. The highest BCUT2D eigenvalue weighted by Crippen LogP contribution is 2.58. The maximum atomic E-state index is 13.8. The third kappa shape index (κ3) is 2.34. The Morgan fingerprint density at radius 2 is 1.70 bits per heavy atom. The lowest BCUT2D eigenvalue weighted by atomic mass is 9.63. The quantitative estimate of drug-likeness (QED) is 0.546. The summed E-state index contributed by atoms with van der Waals surface area (Å²) in [5, 5.41) is 0. The number of allylic oxidation sites excluding steroid dienone is 8. The van der Waals surface area contributed by atoms with E-state index in [1.165, 1.54) is 39.0 Å². The van der Waals surface area contributed by atoms with Crippen LogP contribution in [0.4, 0.5) is 4.39 Å². The number of fused-ring (bicyclic) bond motifs is 2. The van der Waals surface area contributed by atoms with Crippen LogP contribution in [0.25, 0.3) is 5.57 Å². The fourth-order valence-electron chi connectivity index (χ4n) is 5.12.